The highest BCUT2D eigenvalue weighted by molar-refractivity contribution is 4.70. The van der Waals surface area contributed by atoms with Gasteiger partial charge in [-0.05, 0) is 155 Å². The van der Waals surface area contributed by atoms with Crippen LogP contribution in [0.5, 0.6) is 0 Å². The van der Waals surface area contributed by atoms with Crippen LogP contribution in [0.3, 0.4) is 0 Å². The number of hydrogen-bond acceptors (Lipinski definition) is 0. The van der Waals surface area contributed by atoms with E-state index in [9.17, 15) is 0 Å². The Morgan fingerprint density at radius 1 is 0.203 bits per heavy atom. The van der Waals surface area contributed by atoms with E-state index in [1.165, 1.54) is 83.5 Å². The third-order valence-electron chi connectivity index (χ3n) is 18.2. The van der Waals surface area contributed by atoms with E-state index in [-0.39, 0.29) is 0 Å². The summed E-state index contributed by atoms with van der Waals surface area (Å²) in [5.74, 6) is 21.1. The van der Waals surface area contributed by atoms with Gasteiger partial charge in [0.1, 0.15) is 0 Å². The first-order chi connectivity index (χ1) is 36.0. The van der Waals surface area contributed by atoms with E-state index in [0.717, 1.165) is 142 Å². The van der Waals surface area contributed by atoms with E-state index in [1.54, 1.807) is 0 Å². The Balaban J connectivity index is -0.0000001000. The highest BCUT2D eigenvalue weighted by Gasteiger charge is 2.21. The highest BCUT2D eigenvalue weighted by Crippen LogP contribution is 2.29. The molecule has 79 heavy (non-hydrogen) atoms. The van der Waals surface area contributed by atoms with Crippen LogP contribution >= 0.6 is 0 Å². The summed E-state index contributed by atoms with van der Waals surface area (Å²) in [4.78, 5) is 0. The zero-order valence-corrected chi connectivity index (χ0v) is 65.0. The Morgan fingerprint density at radius 2 is 0.481 bits per heavy atom. The van der Waals surface area contributed by atoms with Crippen LogP contribution < -0.4 is 0 Å². The fourth-order valence-corrected chi connectivity index (χ4v) is 12.3. The predicted octanol–water partition coefficient (Wildman–Crippen LogP) is 29.6. The average Bonchev–Trinajstić information content (AvgIpc) is 3.29. The normalized spacial score (nSPS) is 12.5. The van der Waals surface area contributed by atoms with Crippen molar-refractivity contribution in [3.8, 4) is 0 Å². The maximum Gasteiger partial charge on any atom is -0.0345 e. The molecule has 0 spiro atoms. The monoisotopic (exact) mass is 1130 g/mol. The molecule has 0 heteroatoms. The van der Waals surface area contributed by atoms with Crippen molar-refractivity contribution in [1.82, 2.24) is 0 Å². The van der Waals surface area contributed by atoms with Crippen molar-refractivity contribution in [2.24, 2.45) is 142 Å². The highest BCUT2D eigenvalue weighted by atomic mass is 14.3. The smallest absolute Gasteiger partial charge is 0.0345 e. The molecule has 492 valence electrons. The summed E-state index contributed by atoms with van der Waals surface area (Å²) in [5.41, 5.74) is 0. The lowest BCUT2D eigenvalue weighted by atomic mass is 9.78. The zero-order valence-electron chi connectivity index (χ0n) is 65.0. The minimum Gasteiger partial charge on any atom is -0.0654 e. The molecule has 2 unspecified atom stereocenters. The molecule has 0 saturated heterocycles. The molecule has 0 fully saturated rings. The summed E-state index contributed by atoms with van der Waals surface area (Å²) in [5, 5.41) is 0. The molecule has 0 radical (unpaired) electrons. The average molecular weight is 1130 g/mol. The lowest BCUT2D eigenvalue weighted by molar-refractivity contribution is 0.212. The van der Waals surface area contributed by atoms with Crippen LogP contribution in [-0.2, 0) is 0 Å². The molecular weight excluding hydrogens is 949 g/mol. The molecule has 0 aliphatic rings. The van der Waals surface area contributed by atoms with E-state index in [0.29, 0.717) is 0 Å². The Kier molecular flexibility index (Phi) is 79.5. The quantitative estimate of drug-likeness (QED) is 0.0732. The van der Waals surface area contributed by atoms with Crippen LogP contribution in [0.4, 0.5) is 0 Å². The molecule has 0 amide bonds. The summed E-state index contributed by atoms with van der Waals surface area (Å²) in [6.07, 6.45) is 17.7. The molecule has 2 atom stereocenters. The van der Waals surface area contributed by atoms with Gasteiger partial charge in [-0.1, -0.05) is 361 Å². The van der Waals surface area contributed by atoms with Crippen LogP contribution in [0, 0.1) is 142 Å². The van der Waals surface area contributed by atoms with Crippen molar-refractivity contribution in [2.75, 3.05) is 0 Å². The Morgan fingerprint density at radius 3 is 0.532 bits per heavy atom. The predicted molar refractivity (Wildman–Crippen MR) is 382 cm³/mol. The summed E-state index contributed by atoms with van der Waals surface area (Å²) in [7, 11) is 0. The molecule has 0 N–H and O–H groups in total. The van der Waals surface area contributed by atoms with Gasteiger partial charge in [-0.3, -0.25) is 0 Å². The minimum absolute atomic E-state index is 0.833. The third-order valence-corrected chi connectivity index (χ3v) is 18.2. The van der Waals surface area contributed by atoms with Gasteiger partial charge < -0.3 is 0 Å². The second-order valence-corrected chi connectivity index (χ2v) is 31.3. The molecule has 0 rings (SSSR count). The minimum atomic E-state index is 0.833. The van der Waals surface area contributed by atoms with E-state index < -0.39 is 0 Å². The second-order valence-electron chi connectivity index (χ2n) is 31.3. The van der Waals surface area contributed by atoms with Crippen molar-refractivity contribution in [3.63, 3.8) is 0 Å². The number of rotatable bonds is 28. The molecule has 0 aromatic rings. The molecule has 0 heterocycles. The van der Waals surface area contributed by atoms with Crippen molar-refractivity contribution in [2.45, 2.75) is 374 Å². The van der Waals surface area contributed by atoms with Gasteiger partial charge in [0.25, 0.3) is 0 Å². The fourth-order valence-electron chi connectivity index (χ4n) is 12.3. The maximum absolute atomic E-state index is 2.34. The van der Waals surface area contributed by atoms with Gasteiger partial charge in [0.15, 0.2) is 0 Å². The first-order valence-corrected chi connectivity index (χ1v) is 36.0. The molecule has 0 aromatic carbocycles. The van der Waals surface area contributed by atoms with Gasteiger partial charge in [-0.25, -0.2) is 0 Å². The molecular formula is C79H176. The summed E-state index contributed by atoms with van der Waals surface area (Å²) in [6.45, 7) is 96.7. The molecule has 0 aliphatic carbocycles. The van der Waals surface area contributed by atoms with Gasteiger partial charge in [-0.15, -0.1) is 0 Å². The lowest BCUT2D eigenvalue weighted by Gasteiger charge is -2.28. The topological polar surface area (TPSA) is 0 Å². The molecule has 0 saturated carbocycles. The van der Waals surface area contributed by atoms with Crippen molar-refractivity contribution >= 4 is 0 Å². The maximum atomic E-state index is 2.34. The Labute approximate surface area is 513 Å². The van der Waals surface area contributed by atoms with Crippen LogP contribution in [0.1, 0.15) is 374 Å². The van der Waals surface area contributed by atoms with Gasteiger partial charge in [0, 0.05) is 0 Å². The SMILES string of the molecule is CC(C)C(C(C)C)C(C)C.CC(C)C(C)C(C)C.CC(C)CC(C)C.CCC(C(C)C)C(C)C.CCC(C)C(C)C.CCC(CC(C)C)C(C)C.CCC(CC)C(C)C.CCCC(C(C)C)C(C)C.CCCC(CCC)C(C)C. The van der Waals surface area contributed by atoms with E-state index in [2.05, 4.69) is 291 Å². The summed E-state index contributed by atoms with van der Waals surface area (Å²) in [6, 6.07) is 0. The first kappa shape index (κ1) is 98.1. The van der Waals surface area contributed by atoms with E-state index in [1.807, 2.05) is 0 Å². The molecule has 0 nitrogen and oxygen atoms in total. The molecule has 0 bridgehead atoms. The van der Waals surface area contributed by atoms with Crippen molar-refractivity contribution < 1.29 is 0 Å². The largest absolute Gasteiger partial charge is 0.0654 e. The van der Waals surface area contributed by atoms with Gasteiger partial charge >= 0.3 is 0 Å². The van der Waals surface area contributed by atoms with E-state index >= 15 is 0 Å². The van der Waals surface area contributed by atoms with Crippen LogP contribution in [0.15, 0.2) is 0 Å². The van der Waals surface area contributed by atoms with E-state index in [4.69, 9.17) is 0 Å². The number of hydrogen-bond donors (Lipinski definition) is 0. The first-order valence-electron chi connectivity index (χ1n) is 36.0. The van der Waals surface area contributed by atoms with Crippen molar-refractivity contribution in [1.29, 1.82) is 0 Å². The van der Waals surface area contributed by atoms with Crippen molar-refractivity contribution in [3.05, 3.63) is 0 Å². The third kappa shape index (κ3) is 72.2. The van der Waals surface area contributed by atoms with Gasteiger partial charge in [0.2, 0.25) is 0 Å². The zero-order chi connectivity index (χ0) is 65.0. The Bertz CT molecular complexity index is 984. The molecule has 0 aliphatic heterocycles. The molecule has 0 aromatic heterocycles. The lowest BCUT2D eigenvalue weighted by Crippen LogP contribution is -2.21. The Hall–Kier alpha value is 0. The summed E-state index contributed by atoms with van der Waals surface area (Å²) < 4.78 is 0. The van der Waals surface area contributed by atoms with Crippen LogP contribution in [-0.4, -0.2) is 0 Å². The fraction of sp³-hybridized carbons (Fsp3) is 1.00. The van der Waals surface area contributed by atoms with Crippen LogP contribution in [0.25, 0.3) is 0 Å². The summed E-state index contributed by atoms with van der Waals surface area (Å²) >= 11 is 0. The van der Waals surface area contributed by atoms with Gasteiger partial charge in [0.05, 0.1) is 0 Å². The van der Waals surface area contributed by atoms with Crippen LogP contribution in [0.2, 0.25) is 0 Å². The second kappa shape index (κ2) is 64.0. The standard InChI is InChI=1S/4C10H22.C9H20.2C8H18.2C7H16/c1-7(2)10(8(3)4)9(5)6;1-6-10(9(4)5)7-8(2)3;1-6-7-10(8(2)3)9(4)5;1-5-7-10(8-6-2)9(3)4;1-6-9(7(2)3)8(4)5;1-6(2)8(5)7(3)4;1-5-8(6-2)7(3)4;1-6(2)5-7(3)4;1-5-7(4)6(2)3/h7-10H,1-6H3;2*8-10H,6-7H2,1-5H3;9-10H,5-8H2,1-4H3;7-9H,6H2,1-5H3;6-8H,1-5H3;7-8H,5-6H2,1-4H3;2*6-7H,5H2,1-4H3. The van der Waals surface area contributed by atoms with Gasteiger partial charge in [-0.2, -0.15) is 0 Å².